The van der Waals surface area contributed by atoms with Crippen LogP contribution in [0.2, 0.25) is 0 Å². The standard InChI is InChI=1S/C11H23NOS/c1-2-3-4-5-6-7-9-13-10-8-11(12)14/h2-10H2,1H3,(H2,12,14). The van der Waals surface area contributed by atoms with Gasteiger partial charge in [-0.25, -0.2) is 0 Å². The van der Waals surface area contributed by atoms with Gasteiger partial charge in [-0.1, -0.05) is 51.2 Å². The fraction of sp³-hybridized carbons (Fsp3) is 0.909. The van der Waals surface area contributed by atoms with E-state index in [1.807, 2.05) is 0 Å². The molecule has 0 rings (SSSR count). The molecule has 0 heterocycles. The summed E-state index contributed by atoms with van der Waals surface area (Å²) in [5.41, 5.74) is 5.34. The molecule has 0 bridgehead atoms. The Morgan fingerprint density at radius 2 is 1.71 bits per heavy atom. The van der Waals surface area contributed by atoms with E-state index in [2.05, 4.69) is 6.92 Å². The van der Waals surface area contributed by atoms with Crippen molar-refractivity contribution in [2.75, 3.05) is 13.2 Å². The number of hydrogen-bond donors (Lipinski definition) is 1. The molecule has 3 heteroatoms. The molecular weight excluding hydrogens is 194 g/mol. The zero-order valence-corrected chi connectivity index (χ0v) is 10.1. The van der Waals surface area contributed by atoms with Gasteiger partial charge in [-0.3, -0.25) is 0 Å². The Kier molecular flexibility index (Phi) is 10.8. The Morgan fingerprint density at radius 1 is 1.07 bits per heavy atom. The molecule has 84 valence electrons. The van der Waals surface area contributed by atoms with Crippen LogP contribution in [0.1, 0.15) is 51.9 Å². The Morgan fingerprint density at radius 3 is 2.36 bits per heavy atom. The van der Waals surface area contributed by atoms with Crippen LogP contribution in [-0.2, 0) is 4.74 Å². The quantitative estimate of drug-likeness (QED) is 0.451. The lowest BCUT2D eigenvalue weighted by atomic mass is 10.1. The van der Waals surface area contributed by atoms with Gasteiger partial charge in [-0.05, 0) is 6.42 Å². The Labute approximate surface area is 93.2 Å². The molecule has 0 aliphatic carbocycles. The predicted octanol–water partition coefficient (Wildman–Crippen LogP) is 3.04. The highest BCUT2D eigenvalue weighted by molar-refractivity contribution is 7.80. The van der Waals surface area contributed by atoms with Crippen molar-refractivity contribution in [1.82, 2.24) is 0 Å². The molecule has 0 radical (unpaired) electrons. The lowest BCUT2D eigenvalue weighted by Crippen LogP contribution is -2.11. The average molecular weight is 217 g/mol. The molecule has 0 saturated heterocycles. The van der Waals surface area contributed by atoms with Gasteiger partial charge in [0.15, 0.2) is 0 Å². The van der Waals surface area contributed by atoms with E-state index in [0.717, 1.165) is 6.61 Å². The SMILES string of the molecule is CCCCCCCCOCCC(N)=S. The summed E-state index contributed by atoms with van der Waals surface area (Å²) in [7, 11) is 0. The zero-order valence-electron chi connectivity index (χ0n) is 9.26. The fourth-order valence-corrected chi connectivity index (χ4v) is 1.34. The third-order valence-electron chi connectivity index (χ3n) is 2.14. The number of unbranched alkanes of at least 4 members (excludes halogenated alkanes) is 5. The first-order chi connectivity index (χ1) is 6.77. The van der Waals surface area contributed by atoms with Crippen LogP contribution in [0.4, 0.5) is 0 Å². The molecule has 0 saturated carbocycles. The van der Waals surface area contributed by atoms with Crippen LogP contribution < -0.4 is 5.73 Å². The van der Waals surface area contributed by atoms with Crippen molar-refractivity contribution in [3.63, 3.8) is 0 Å². The summed E-state index contributed by atoms with van der Waals surface area (Å²) < 4.78 is 5.38. The molecule has 0 aromatic rings. The van der Waals surface area contributed by atoms with Gasteiger partial charge in [0.1, 0.15) is 0 Å². The maximum Gasteiger partial charge on any atom is 0.0750 e. The number of hydrogen-bond acceptors (Lipinski definition) is 2. The molecule has 0 spiro atoms. The molecule has 0 aromatic carbocycles. The minimum atomic E-state index is 0.549. The largest absolute Gasteiger partial charge is 0.393 e. The van der Waals surface area contributed by atoms with E-state index < -0.39 is 0 Å². The second-order valence-electron chi connectivity index (χ2n) is 3.60. The topological polar surface area (TPSA) is 35.2 Å². The molecule has 0 aliphatic rings. The third kappa shape index (κ3) is 11.8. The highest BCUT2D eigenvalue weighted by Crippen LogP contribution is 2.04. The van der Waals surface area contributed by atoms with E-state index in [0.29, 0.717) is 18.0 Å². The van der Waals surface area contributed by atoms with Crippen LogP contribution >= 0.6 is 12.2 Å². The van der Waals surface area contributed by atoms with Gasteiger partial charge in [-0.2, -0.15) is 0 Å². The van der Waals surface area contributed by atoms with Gasteiger partial charge in [0.05, 0.1) is 11.6 Å². The summed E-state index contributed by atoms with van der Waals surface area (Å²) in [6.07, 6.45) is 8.54. The predicted molar refractivity (Wildman–Crippen MR) is 65.6 cm³/mol. The smallest absolute Gasteiger partial charge is 0.0750 e. The monoisotopic (exact) mass is 217 g/mol. The van der Waals surface area contributed by atoms with Crippen LogP contribution in [0.5, 0.6) is 0 Å². The maximum absolute atomic E-state index is 5.38. The van der Waals surface area contributed by atoms with Crippen molar-refractivity contribution in [2.45, 2.75) is 51.9 Å². The summed E-state index contributed by atoms with van der Waals surface area (Å²) in [6.45, 7) is 3.78. The highest BCUT2D eigenvalue weighted by atomic mass is 32.1. The zero-order chi connectivity index (χ0) is 10.6. The molecule has 0 fully saturated rings. The molecule has 14 heavy (non-hydrogen) atoms. The van der Waals surface area contributed by atoms with Gasteiger partial charge in [0.2, 0.25) is 0 Å². The Hall–Kier alpha value is -0.150. The summed E-state index contributed by atoms with van der Waals surface area (Å²) in [5.74, 6) is 0. The van der Waals surface area contributed by atoms with Gasteiger partial charge >= 0.3 is 0 Å². The minimum absolute atomic E-state index is 0.549. The van der Waals surface area contributed by atoms with Crippen LogP contribution in [0.25, 0.3) is 0 Å². The molecule has 0 amide bonds. The normalized spacial score (nSPS) is 10.4. The van der Waals surface area contributed by atoms with E-state index in [4.69, 9.17) is 22.7 Å². The lowest BCUT2D eigenvalue weighted by Gasteiger charge is -2.03. The molecule has 2 N–H and O–H groups in total. The van der Waals surface area contributed by atoms with E-state index in [-0.39, 0.29) is 0 Å². The first kappa shape index (κ1) is 13.8. The van der Waals surface area contributed by atoms with Crippen LogP contribution in [-0.4, -0.2) is 18.2 Å². The van der Waals surface area contributed by atoms with Crippen molar-refractivity contribution in [1.29, 1.82) is 0 Å². The molecular formula is C11H23NOS. The second-order valence-corrected chi connectivity index (χ2v) is 4.12. The van der Waals surface area contributed by atoms with Crippen LogP contribution in [0, 0.1) is 0 Å². The van der Waals surface area contributed by atoms with E-state index in [1.54, 1.807) is 0 Å². The summed E-state index contributed by atoms with van der Waals surface area (Å²) in [5, 5.41) is 0. The number of rotatable bonds is 10. The summed E-state index contributed by atoms with van der Waals surface area (Å²) in [4.78, 5) is 0.549. The summed E-state index contributed by atoms with van der Waals surface area (Å²) in [6, 6.07) is 0. The maximum atomic E-state index is 5.38. The van der Waals surface area contributed by atoms with Gasteiger partial charge in [0.25, 0.3) is 0 Å². The molecule has 0 aromatic heterocycles. The number of ether oxygens (including phenoxy) is 1. The fourth-order valence-electron chi connectivity index (χ4n) is 1.26. The average Bonchev–Trinajstić information content (AvgIpc) is 2.15. The van der Waals surface area contributed by atoms with Crippen LogP contribution in [0.15, 0.2) is 0 Å². The van der Waals surface area contributed by atoms with Crippen molar-refractivity contribution in [2.24, 2.45) is 5.73 Å². The van der Waals surface area contributed by atoms with E-state index >= 15 is 0 Å². The summed E-state index contributed by atoms with van der Waals surface area (Å²) >= 11 is 4.74. The minimum Gasteiger partial charge on any atom is -0.393 e. The lowest BCUT2D eigenvalue weighted by molar-refractivity contribution is 0.137. The molecule has 2 nitrogen and oxygen atoms in total. The van der Waals surface area contributed by atoms with E-state index in [1.165, 1.54) is 38.5 Å². The van der Waals surface area contributed by atoms with Crippen molar-refractivity contribution in [3.05, 3.63) is 0 Å². The molecule has 0 aliphatic heterocycles. The third-order valence-corrected chi connectivity index (χ3v) is 2.34. The number of thiocarbonyl (C=S) groups is 1. The number of nitrogens with two attached hydrogens (primary N) is 1. The first-order valence-corrected chi connectivity index (χ1v) is 6.04. The van der Waals surface area contributed by atoms with E-state index in [9.17, 15) is 0 Å². The highest BCUT2D eigenvalue weighted by Gasteiger charge is 1.92. The molecule has 0 atom stereocenters. The molecule has 0 unspecified atom stereocenters. The van der Waals surface area contributed by atoms with Gasteiger partial charge in [-0.15, -0.1) is 0 Å². The van der Waals surface area contributed by atoms with Gasteiger partial charge in [0, 0.05) is 13.0 Å². The first-order valence-electron chi connectivity index (χ1n) is 5.63. The van der Waals surface area contributed by atoms with Crippen molar-refractivity contribution >= 4 is 17.2 Å². The van der Waals surface area contributed by atoms with Crippen LogP contribution in [0.3, 0.4) is 0 Å². The Bertz CT molecular complexity index is 139. The second kappa shape index (κ2) is 10.9. The van der Waals surface area contributed by atoms with Crippen molar-refractivity contribution in [3.8, 4) is 0 Å². The van der Waals surface area contributed by atoms with Gasteiger partial charge < -0.3 is 10.5 Å². The van der Waals surface area contributed by atoms with Crippen molar-refractivity contribution < 1.29 is 4.74 Å². The Balaban J connectivity index is 2.88.